The molecule has 0 aromatic heterocycles. The minimum absolute atomic E-state index is 0.252. The van der Waals surface area contributed by atoms with Crippen LogP contribution in [0.1, 0.15) is 23.6 Å². The van der Waals surface area contributed by atoms with E-state index in [9.17, 15) is 23.3 Å². The molecule has 30 heavy (non-hydrogen) atoms. The summed E-state index contributed by atoms with van der Waals surface area (Å²) < 4.78 is 43.8. The van der Waals surface area contributed by atoms with Crippen molar-refractivity contribution < 1.29 is 22.8 Å². The van der Waals surface area contributed by atoms with Crippen LogP contribution in [0, 0.1) is 10.1 Å². The summed E-state index contributed by atoms with van der Waals surface area (Å²) in [6.45, 7) is 2.07. The fraction of sp³-hybridized carbons (Fsp3) is 0.136. The van der Waals surface area contributed by atoms with Crippen molar-refractivity contribution in [3.63, 3.8) is 0 Å². The molecule has 0 atom stereocenters. The van der Waals surface area contributed by atoms with Crippen LogP contribution in [0.25, 0.3) is 0 Å². The molecule has 0 aliphatic carbocycles. The zero-order chi connectivity index (χ0) is 21.7. The molecule has 0 heterocycles. The Hall–Kier alpha value is -3.68. The lowest BCUT2D eigenvalue weighted by Crippen LogP contribution is -2.06. The molecule has 0 amide bonds. The molecule has 0 saturated carbocycles. The number of nitro benzene ring substituents is 1. The third-order valence-corrected chi connectivity index (χ3v) is 4.30. The second kappa shape index (κ2) is 8.77. The van der Waals surface area contributed by atoms with Gasteiger partial charge in [0.05, 0.1) is 16.2 Å². The largest absolute Gasteiger partial charge is 0.450 e. The molecule has 0 bridgehead atoms. The van der Waals surface area contributed by atoms with E-state index in [0.717, 1.165) is 29.8 Å². The minimum atomic E-state index is -4.68. The van der Waals surface area contributed by atoms with E-state index in [1.807, 2.05) is 24.3 Å². The predicted molar refractivity (Wildman–Crippen MR) is 108 cm³/mol. The van der Waals surface area contributed by atoms with Crippen molar-refractivity contribution in [2.24, 2.45) is 4.99 Å². The highest BCUT2D eigenvalue weighted by atomic mass is 19.4. The summed E-state index contributed by atoms with van der Waals surface area (Å²) in [4.78, 5) is 14.6. The van der Waals surface area contributed by atoms with Crippen molar-refractivity contribution in [3.8, 4) is 11.5 Å². The van der Waals surface area contributed by atoms with Gasteiger partial charge in [0, 0.05) is 12.3 Å². The number of aryl methyl sites for hydroxylation is 1. The summed E-state index contributed by atoms with van der Waals surface area (Å²) in [7, 11) is 0. The normalized spacial score (nSPS) is 11.6. The first kappa shape index (κ1) is 21.0. The number of alkyl halides is 3. The Bertz CT molecular complexity index is 1060. The maximum absolute atomic E-state index is 12.8. The number of hydrogen-bond donors (Lipinski definition) is 0. The second-order valence-corrected chi connectivity index (χ2v) is 6.39. The van der Waals surface area contributed by atoms with Gasteiger partial charge in [-0.3, -0.25) is 15.1 Å². The van der Waals surface area contributed by atoms with Crippen LogP contribution >= 0.6 is 0 Å². The van der Waals surface area contributed by atoms with E-state index in [4.69, 9.17) is 4.74 Å². The van der Waals surface area contributed by atoms with E-state index >= 15 is 0 Å². The Morgan fingerprint density at radius 2 is 1.70 bits per heavy atom. The van der Waals surface area contributed by atoms with Crippen molar-refractivity contribution in [2.45, 2.75) is 19.5 Å². The van der Waals surface area contributed by atoms with E-state index in [2.05, 4.69) is 11.9 Å². The average molecular weight is 414 g/mol. The SMILES string of the molecule is CCc1ccc(N=Cc2ccc(Oc3ccc(C(F)(F)F)cc3[N+](=O)[O-])cc2)cc1. The average Bonchev–Trinajstić information content (AvgIpc) is 2.73. The lowest BCUT2D eigenvalue weighted by atomic mass is 10.1. The van der Waals surface area contributed by atoms with Gasteiger partial charge in [0.25, 0.3) is 0 Å². The number of halogens is 3. The molecule has 3 rings (SSSR count). The number of benzene rings is 3. The van der Waals surface area contributed by atoms with Gasteiger partial charge < -0.3 is 4.74 Å². The van der Waals surface area contributed by atoms with Crippen LogP contribution in [-0.2, 0) is 12.6 Å². The molecule has 0 aliphatic rings. The first-order chi connectivity index (χ1) is 14.3. The third kappa shape index (κ3) is 5.22. The first-order valence-electron chi connectivity index (χ1n) is 9.03. The van der Waals surface area contributed by atoms with E-state index in [1.165, 1.54) is 5.56 Å². The highest BCUT2D eigenvalue weighted by molar-refractivity contribution is 5.82. The molecule has 8 heteroatoms. The molecule has 0 spiro atoms. The van der Waals surface area contributed by atoms with Crippen molar-refractivity contribution in [1.82, 2.24) is 0 Å². The van der Waals surface area contributed by atoms with Gasteiger partial charge in [0.2, 0.25) is 5.75 Å². The summed E-state index contributed by atoms with van der Waals surface area (Å²) in [6.07, 6.45) is -2.07. The summed E-state index contributed by atoms with van der Waals surface area (Å²) in [5, 5.41) is 11.1. The van der Waals surface area contributed by atoms with Crippen LogP contribution in [0.15, 0.2) is 71.7 Å². The Balaban J connectivity index is 1.75. The number of nitro groups is 1. The van der Waals surface area contributed by atoms with Crippen LogP contribution < -0.4 is 4.74 Å². The van der Waals surface area contributed by atoms with E-state index < -0.39 is 22.4 Å². The van der Waals surface area contributed by atoms with Crippen molar-refractivity contribution >= 4 is 17.6 Å². The molecule has 3 aromatic rings. The van der Waals surface area contributed by atoms with Gasteiger partial charge in [0.1, 0.15) is 5.75 Å². The van der Waals surface area contributed by atoms with Gasteiger partial charge in [-0.05, 0) is 66.1 Å². The summed E-state index contributed by atoms with van der Waals surface area (Å²) in [5.41, 5.74) is 0.913. The van der Waals surface area contributed by atoms with E-state index in [1.54, 1.807) is 30.5 Å². The quantitative estimate of drug-likeness (QED) is 0.255. The number of aliphatic imine (C=N–C) groups is 1. The topological polar surface area (TPSA) is 64.7 Å². The second-order valence-electron chi connectivity index (χ2n) is 6.39. The summed E-state index contributed by atoms with van der Waals surface area (Å²) >= 11 is 0. The maximum atomic E-state index is 12.8. The molecule has 0 N–H and O–H groups in total. The van der Waals surface area contributed by atoms with E-state index in [-0.39, 0.29) is 11.5 Å². The van der Waals surface area contributed by atoms with Gasteiger partial charge in [0.15, 0.2) is 0 Å². The molecule has 0 radical (unpaired) electrons. The summed E-state index contributed by atoms with van der Waals surface area (Å²) in [6, 6.07) is 16.5. The molecule has 0 saturated heterocycles. The Morgan fingerprint density at radius 1 is 1.03 bits per heavy atom. The van der Waals surface area contributed by atoms with Crippen LogP contribution in [-0.4, -0.2) is 11.1 Å². The smallest absolute Gasteiger partial charge is 0.416 e. The molecule has 154 valence electrons. The molecule has 0 aliphatic heterocycles. The monoisotopic (exact) mass is 414 g/mol. The highest BCUT2D eigenvalue weighted by Gasteiger charge is 2.33. The zero-order valence-corrected chi connectivity index (χ0v) is 15.9. The van der Waals surface area contributed by atoms with Crippen LogP contribution in [0.2, 0.25) is 0 Å². The van der Waals surface area contributed by atoms with Gasteiger partial charge in [-0.1, -0.05) is 19.1 Å². The van der Waals surface area contributed by atoms with Crippen LogP contribution in [0.3, 0.4) is 0 Å². The standard InChI is InChI=1S/C22H17F3N2O3/c1-2-15-3-8-18(9-4-15)26-14-16-5-10-19(11-6-16)30-21-12-7-17(22(23,24)25)13-20(21)27(28)29/h3-14H,2H2,1H3. The lowest BCUT2D eigenvalue weighted by Gasteiger charge is -2.10. The minimum Gasteiger partial charge on any atom is -0.450 e. The van der Waals surface area contributed by atoms with E-state index in [0.29, 0.717) is 6.07 Å². The number of hydrogen-bond acceptors (Lipinski definition) is 4. The predicted octanol–water partition coefficient (Wildman–Crippen LogP) is 6.72. The Kier molecular flexibility index (Phi) is 6.15. The van der Waals surface area contributed by atoms with Gasteiger partial charge in [-0.15, -0.1) is 0 Å². The fourth-order valence-electron chi connectivity index (χ4n) is 2.64. The van der Waals surface area contributed by atoms with Crippen molar-refractivity contribution in [1.29, 1.82) is 0 Å². The van der Waals surface area contributed by atoms with Gasteiger partial charge >= 0.3 is 11.9 Å². The van der Waals surface area contributed by atoms with Crippen molar-refractivity contribution in [2.75, 3.05) is 0 Å². The molecule has 5 nitrogen and oxygen atoms in total. The molecular formula is C22H17F3N2O3. The molecule has 0 unspecified atom stereocenters. The third-order valence-electron chi connectivity index (χ3n) is 4.30. The van der Waals surface area contributed by atoms with Crippen LogP contribution in [0.4, 0.5) is 24.5 Å². The summed E-state index contributed by atoms with van der Waals surface area (Å²) in [5.74, 6) is -0.0206. The lowest BCUT2D eigenvalue weighted by molar-refractivity contribution is -0.385. The fourth-order valence-corrected chi connectivity index (χ4v) is 2.64. The van der Waals surface area contributed by atoms with Gasteiger partial charge in [-0.25, -0.2) is 0 Å². The first-order valence-corrected chi connectivity index (χ1v) is 9.03. The van der Waals surface area contributed by atoms with Crippen LogP contribution in [0.5, 0.6) is 11.5 Å². The Labute approximate surface area is 170 Å². The number of rotatable bonds is 6. The number of ether oxygens (including phenoxy) is 1. The number of nitrogens with zero attached hydrogens (tertiary/aromatic N) is 2. The van der Waals surface area contributed by atoms with Crippen molar-refractivity contribution in [3.05, 3.63) is 93.5 Å². The molecule has 3 aromatic carbocycles. The highest BCUT2D eigenvalue weighted by Crippen LogP contribution is 2.37. The maximum Gasteiger partial charge on any atom is 0.416 e. The molecular weight excluding hydrogens is 397 g/mol. The zero-order valence-electron chi connectivity index (χ0n) is 15.9. The van der Waals surface area contributed by atoms with Gasteiger partial charge in [-0.2, -0.15) is 13.2 Å². The Morgan fingerprint density at radius 3 is 2.27 bits per heavy atom. The molecule has 0 fully saturated rings.